The number of rotatable bonds is 11. The maximum atomic E-state index is 13.2. The van der Waals surface area contributed by atoms with E-state index in [-0.39, 0.29) is 30.1 Å². The van der Waals surface area contributed by atoms with Crippen molar-refractivity contribution in [2.45, 2.75) is 25.3 Å². The Bertz CT molecular complexity index is 1500. The van der Waals surface area contributed by atoms with Gasteiger partial charge in [-0.25, -0.2) is 10.4 Å². The Morgan fingerprint density at radius 1 is 0.857 bits per heavy atom. The SMILES string of the molecule is FC(F)C(F)(F)Oc1ccc(Nc2nc(NCc3ccc(Cl)nc3)nc(N/N=C/c3ccc(C(F)(F)F)cc3)n2)cc1. The molecule has 42 heavy (non-hydrogen) atoms. The van der Waals surface area contributed by atoms with Crippen LogP contribution in [0, 0.1) is 0 Å². The van der Waals surface area contributed by atoms with Crippen molar-refractivity contribution >= 4 is 41.3 Å². The molecule has 0 aliphatic carbocycles. The summed E-state index contributed by atoms with van der Waals surface area (Å²) < 4.78 is 93.5. The Kier molecular flexibility index (Phi) is 9.25. The Hall–Kier alpha value is -4.73. The van der Waals surface area contributed by atoms with E-state index in [0.717, 1.165) is 29.8 Å². The van der Waals surface area contributed by atoms with Gasteiger partial charge in [0.15, 0.2) is 0 Å². The van der Waals surface area contributed by atoms with E-state index >= 15 is 0 Å². The first-order chi connectivity index (χ1) is 19.9. The molecule has 0 aliphatic rings. The minimum absolute atomic E-state index is 0.0412. The molecule has 220 valence electrons. The van der Waals surface area contributed by atoms with Crippen LogP contribution in [0.2, 0.25) is 5.15 Å². The zero-order valence-corrected chi connectivity index (χ0v) is 21.6. The standard InChI is InChI=1S/C25H18ClF7N8O/c26-19-10-3-15(11-34-19)12-35-21-38-22(37-17-6-8-18(9-7-17)42-25(32,33)20(27)28)40-23(39-21)41-36-13-14-1-4-16(5-2-14)24(29,30)31/h1-11,13,20H,12H2,(H3,35,37,38,39,40,41)/b36-13+. The Morgan fingerprint density at radius 3 is 2.14 bits per heavy atom. The number of anilines is 4. The summed E-state index contributed by atoms with van der Waals surface area (Å²) in [6.07, 6.45) is -10.4. The Morgan fingerprint density at radius 2 is 1.52 bits per heavy atom. The molecular formula is C25H18ClF7N8O. The van der Waals surface area contributed by atoms with E-state index in [4.69, 9.17) is 11.6 Å². The number of hydrazone groups is 1. The predicted molar refractivity (Wildman–Crippen MR) is 140 cm³/mol. The highest BCUT2D eigenvalue weighted by Gasteiger charge is 2.43. The summed E-state index contributed by atoms with van der Waals surface area (Å²) in [6, 6.07) is 12.2. The third-order valence-corrected chi connectivity index (χ3v) is 5.33. The molecule has 2 aromatic carbocycles. The number of alkyl halides is 7. The summed E-state index contributed by atoms with van der Waals surface area (Å²) in [5.41, 5.74) is 3.12. The summed E-state index contributed by atoms with van der Waals surface area (Å²) in [4.78, 5) is 16.5. The third kappa shape index (κ3) is 8.63. The number of pyridine rings is 1. The predicted octanol–water partition coefficient (Wildman–Crippen LogP) is 6.98. The number of ether oxygens (including phenoxy) is 1. The number of aromatic nitrogens is 4. The largest absolute Gasteiger partial charge is 0.461 e. The number of nitrogens with zero attached hydrogens (tertiary/aromatic N) is 5. The maximum absolute atomic E-state index is 13.2. The van der Waals surface area contributed by atoms with Crippen LogP contribution in [0.25, 0.3) is 0 Å². The number of hydrogen-bond acceptors (Lipinski definition) is 9. The Balaban J connectivity index is 1.50. The molecule has 17 heteroatoms. The van der Waals surface area contributed by atoms with Crippen molar-refractivity contribution in [1.29, 1.82) is 0 Å². The second-order valence-electron chi connectivity index (χ2n) is 8.25. The average Bonchev–Trinajstić information content (AvgIpc) is 2.93. The lowest BCUT2D eigenvalue weighted by Gasteiger charge is -2.17. The summed E-state index contributed by atoms with van der Waals surface area (Å²) in [5, 5.41) is 10.0. The summed E-state index contributed by atoms with van der Waals surface area (Å²) in [7, 11) is 0. The first-order valence-corrected chi connectivity index (χ1v) is 12.0. The van der Waals surface area contributed by atoms with Gasteiger partial charge in [-0.15, -0.1) is 0 Å². The number of benzene rings is 2. The fourth-order valence-corrected chi connectivity index (χ4v) is 3.22. The van der Waals surface area contributed by atoms with Crippen molar-refractivity contribution < 1.29 is 35.5 Å². The van der Waals surface area contributed by atoms with Crippen LogP contribution in [0.4, 0.5) is 54.3 Å². The van der Waals surface area contributed by atoms with Crippen LogP contribution in [0.1, 0.15) is 16.7 Å². The Labute approximate surface area is 237 Å². The molecule has 0 radical (unpaired) electrons. The summed E-state index contributed by atoms with van der Waals surface area (Å²) in [5.74, 6) is -0.559. The van der Waals surface area contributed by atoms with Crippen LogP contribution in [-0.2, 0) is 12.7 Å². The first kappa shape index (κ1) is 30.2. The fourth-order valence-electron chi connectivity index (χ4n) is 3.11. The molecule has 9 nitrogen and oxygen atoms in total. The van der Waals surface area contributed by atoms with Crippen molar-refractivity contribution in [2.75, 3.05) is 16.1 Å². The lowest BCUT2D eigenvalue weighted by atomic mass is 10.1. The van der Waals surface area contributed by atoms with E-state index in [1.807, 2.05) is 0 Å². The van der Waals surface area contributed by atoms with Crippen LogP contribution < -0.4 is 20.8 Å². The first-order valence-electron chi connectivity index (χ1n) is 11.7. The van der Waals surface area contributed by atoms with Crippen LogP contribution in [0.15, 0.2) is 72.0 Å². The van der Waals surface area contributed by atoms with Gasteiger partial charge in [-0.05, 0) is 53.6 Å². The smallest absolute Gasteiger partial charge is 0.428 e. The van der Waals surface area contributed by atoms with Gasteiger partial charge >= 0.3 is 18.7 Å². The van der Waals surface area contributed by atoms with Gasteiger partial charge in [0, 0.05) is 18.4 Å². The summed E-state index contributed by atoms with van der Waals surface area (Å²) in [6.45, 7) is 0.228. The minimum atomic E-state index is -4.66. The normalized spacial score (nSPS) is 12.0. The van der Waals surface area contributed by atoms with E-state index in [2.05, 4.69) is 45.8 Å². The van der Waals surface area contributed by atoms with Crippen molar-refractivity contribution in [3.63, 3.8) is 0 Å². The van der Waals surface area contributed by atoms with Gasteiger partial charge in [-0.3, -0.25) is 0 Å². The van der Waals surface area contributed by atoms with E-state index in [9.17, 15) is 30.7 Å². The molecule has 2 heterocycles. The zero-order valence-electron chi connectivity index (χ0n) is 20.9. The van der Waals surface area contributed by atoms with Crippen LogP contribution in [-0.4, -0.2) is 38.7 Å². The highest BCUT2D eigenvalue weighted by Crippen LogP contribution is 2.30. The maximum Gasteiger partial charge on any atom is 0.461 e. The zero-order chi connectivity index (χ0) is 30.3. The molecule has 0 amide bonds. The molecule has 2 aromatic heterocycles. The topological polar surface area (TPSA) is 109 Å². The molecule has 0 atom stereocenters. The van der Waals surface area contributed by atoms with E-state index < -0.39 is 30.0 Å². The lowest BCUT2D eigenvalue weighted by molar-refractivity contribution is -0.253. The molecule has 3 N–H and O–H groups in total. The molecule has 4 aromatic rings. The third-order valence-electron chi connectivity index (χ3n) is 5.11. The van der Waals surface area contributed by atoms with Crippen molar-refractivity contribution in [3.8, 4) is 5.75 Å². The van der Waals surface area contributed by atoms with Crippen LogP contribution in [0.5, 0.6) is 5.75 Å². The number of hydrogen-bond donors (Lipinski definition) is 3. The van der Waals surface area contributed by atoms with Gasteiger partial charge in [-0.1, -0.05) is 29.8 Å². The van der Waals surface area contributed by atoms with Gasteiger partial charge in [0.25, 0.3) is 0 Å². The highest BCUT2D eigenvalue weighted by atomic mass is 35.5. The van der Waals surface area contributed by atoms with Crippen molar-refractivity contribution in [3.05, 3.63) is 88.7 Å². The van der Waals surface area contributed by atoms with E-state index in [1.165, 1.54) is 36.7 Å². The average molecular weight is 615 g/mol. The summed E-state index contributed by atoms with van der Waals surface area (Å²) >= 11 is 5.80. The molecule has 0 aliphatic heterocycles. The fraction of sp³-hybridized carbons (Fsp3) is 0.160. The highest BCUT2D eigenvalue weighted by molar-refractivity contribution is 6.29. The molecule has 0 fully saturated rings. The number of halogens is 8. The monoisotopic (exact) mass is 614 g/mol. The molecule has 0 spiro atoms. The molecule has 4 rings (SSSR count). The molecule has 0 bridgehead atoms. The quantitative estimate of drug-likeness (QED) is 0.0719. The van der Waals surface area contributed by atoms with Crippen molar-refractivity contribution in [2.24, 2.45) is 5.10 Å². The van der Waals surface area contributed by atoms with Crippen LogP contribution >= 0.6 is 11.6 Å². The minimum Gasteiger partial charge on any atom is -0.428 e. The second-order valence-corrected chi connectivity index (χ2v) is 8.64. The van der Waals surface area contributed by atoms with Gasteiger partial charge < -0.3 is 15.4 Å². The number of nitrogens with one attached hydrogen (secondary N) is 3. The molecule has 0 saturated carbocycles. The van der Waals surface area contributed by atoms with E-state index in [1.54, 1.807) is 12.1 Å². The van der Waals surface area contributed by atoms with E-state index in [0.29, 0.717) is 10.7 Å². The van der Waals surface area contributed by atoms with Gasteiger partial charge in [0.2, 0.25) is 17.8 Å². The molecule has 0 unspecified atom stereocenters. The second kappa shape index (κ2) is 12.8. The van der Waals surface area contributed by atoms with Crippen molar-refractivity contribution in [1.82, 2.24) is 19.9 Å². The van der Waals surface area contributed by atoms with Crippen LogP contribution in [0.3, 0.4) is 0 Å². The van der Waals surface area contributed by atoms with Gasteiger partial charge in [0.1, 0.15) is 10.9 Å². The molecule has 0 saturated heterocycles. The lowest BCUT2D eigenvalue weighted by Crippen LogP contribution is -2.33. The van der Waals surface area contributed by atoms with Gasteiger partial charge in [0.05, 0.1) is 11.8 Å². The molecular weight excluding hydrogens is 597 g/mol. The van der Waals surface area contributed by atoms with Gasteiger partial charge in [-0.2, -0.15) is 50.8 Å².